The molecule has 0 aliphatic carbocycles. The minimum Gasteiger partial charge on any atom is -0.399 e. The van der Waals surface area contributed by atoms with E-state index in [0.29, 0.717) is 0 Å². The maximum atomic E-state index is 10.5. The van der Waals surface area contributed by atoms with Gasteiger partial charge in [0, 0.05) is 95.3 Å². The number of hydrogen-bond acceptors (Lipinski definition) is 5. The Morgan fingerprint density at radius 2 is 1.07 bits per heavy atom. The monoisotopic (exact) mass is 602 g/mol. The van der Waals surface area contributed by atoms with Crippen LogP contribution in [-0.4, -0.2) is 24.0 Å². The summed E-state index contributed by atoms with van der Waals surface area (Å²) >= 11 is 0. The third kappa shape index (κ3) is 10.8. The molecule has 0 atom stereocenters. The number of fused-ring (bicyclic) bond motifs is 3. The number of nitrogen functional groups attached to an aromatic ring is 1. The fourth-order valence-electron chi connectivity index (χ4n) is 3.84. The maximum Gasteiger partial charge on any atom is 0.270 e. The number of nitrogens with two attached hydrogens (primary N) is 1. The van der Waals surface area contributed by atoms with Gasteiger partial charge in [0.05, 0.1) is 9.85 Å². The van der Waals surface area contributed by atoms with E-state index in [2.05, 4.69) is 28.8 Å². The van der Waals surface area contributed by atoms with Crippen LogP contribution in [0.15, 0.2) is 105 Å². The number of benzene rings is 3. The normalized spacial score (nSPS) is 9.09. The van der Waals surface area contributed by atoms with Crippen molar-refractivity contribution in [1.29, 1.82) is 0 Å². The van der Waals surface area contributed by atoms with Gasteiger partial charge in [0.25, 0.3) is 11.4 Å². The molecule has 0 fully saturated rings. The molecule has 10 heteroatoms. The smallest absolute Gasteiger partial charge is 0.270 e. The van der Waals surface area contributed by atoms with E-state index >= 15 is 0 Å². The van der Waals surface area contributed by atoms with E-state index in [0.717, 1.165) is 27.5 Å². The summed E-state index contributed by atoms with van der Waals surface area (Å²) in [6, 6.07) is 21.3. The highest BCUT2D eigenvalue weighted by Gasteiger charge is 2.07. The molecule has 44 heavy (non-hydrogen) atoms. The number of nitrogens with one attached hydrogen (secondary N) is 1. The van der Waals surface area contributed by atoms with E-state index in [9.17, 15) is 20.2 Å². The van der Waals surface area contributed by atoms with Gasteiger partial charge in [-0.25, -0.2) is 0 Å². The number of aromatic nitrogens is 3. The molecular formula is C34H46N6O4. The Morgan fingerprint density at radius 1 is 0.636 bits per heavy atom. The summed E-state index contributed by atoms with van der Waals surface area (Å²) in [6.45, 7) is 18.0. The molecule has 3 aromatic carbocycles. The Balaban J connectivity index is 0.000000566. The predicted octanol–water partition coefficient (Wildman–Crippen LogP) is 9.80. The van der Waals surface area contributed by atoms with E-state index < -0.39 is 4.92 Å². The molecule has 6 rings (SSSR count). The van der Waals surface area contributed by atoms with E-state index in [1.54, 1.807) is 30.5 Å². The number of aromatic amines is 1. The standard InChI is InChI=1S/C9H8N2O2.C9H10N2.C8H6N2O2.3C2H6.C2H4/c1-10-5-4-7-6-8(11(12)13)2-3-9(7)10;1-11-5-4-7-6-8(10)2-3-9(7)11;11-10(12)7-1-2-8-6(5-7)3-4-9-8;4*1-2/h2-6H,1H3;2-6H,10H2,1H3;1-5,9H;3*1-2H3;1-2H2. The van der Waals surface area contributed by atoms with Gasteiger partial charge in [0.15, 0.2) is 0 Å². The lowest BCUT2D eigenvalue weighted by Crippen LogP contribution is -1.88. The number of anilines is 1. The molecule has 3 aromatic heterocycles. The summed E-state index contributed by atoms with van der Waals surface area (Å²) in [4.78, 5) is 23.0. The lowest BCUT2D eigenvalue weighted by Gasteiger charge is -1.95. The largest absolute Gasteiger partial charge is 0.399 e. The third-order valence-electron chi connectivity index (χ3n) is 5.74. The Bertz CT molecular complexity index is 1720. The van der Waals surface area contributed by atoms with Crippen molar-refractivity contribution in [2.75, 3.05) is 5.73 Å². The van der Waals surface area contributed by atoms with Crippen molar-refractivity contribution in [3.05, 3.63) is 125 Å². The zero-order chi connectivity index (χ0) is 33.8. The van der Waals surface area contributed by atoms with Crippen molar-refractivity contribution in [3.8, 4) is 0 Å². The number of H-pyrrole nitrogens is 1. The van der Waals surface area contributed by atoms with Crippen molar-refractivity contribution < 1.29 is 9.85 Å². The number of aryl methyl sites for hydroxylation is 2. The van der Waals surface area contributed by atoms with Crippen LogP contribution < -0.4 is 5.73 Å². The average molecular weight is 603 g/mol. The lowest BCUT2D eigenvalue weighted by molar-refractivity contribution is -0.384. The summed E-state index contributed by atoms with van der Waals surface area (Å²) in [7, 11) is 3.94. The van der Waals surface area contributed by atoms with Crippen LogP contribution in [0.3, 0.4) is 0 Å². The molecule has 3 heterocycles. The highest BCUT2D eigenvalue weighted by atomic mass is 16.6. The van der Waals surface area contributed by atoms with Gasteiger partial charge in [-0.15, -0.1) is 13.2 Å². The highest BCUT2D eigenvalue weighted by Crippen LogP contribution is 2.21. The number of hydrogen-bond donors (Lipinski definition) is 2. The predicted molar refractivity (Wildman–Crippen MR) is 187 cm³/mol. The number of nitrogens with zero attached hydrogens (tertiary/aromatic N) is 4. The number of nitro groups is 2. The molecule has 0 saturated carbocycles. The van der Waals surface area contributed by atoms with E-state index in [4.69, 9.17) is 5.73 Å². The van der Waals surface area contributed by atoms with Gasteiger partial charge in [0.2, 0.25) is 0 Å². The molecular weight excluding hydrogens is 556 g/mol. The van der Waals surface area contributed by atoms with Gasteiger partial charge in [-0.05, 0) is 48.5 Å². The minimum absolute atomic E-state index is 0.127. The number of nitro benzene ring substituents is 2. The second-order valence-electron chi connectivity index (χ2n) is 8.18. The zero-order valence-corrected chi connectivity index (χ0v) is 27.1. The van der Waals surface area contributed by atoms with Crippen LogP contribution >= 0.6 is 0 Å². The van der Waals surface area contributed by atoms with Crippen LogP contribution in [0.5, 0.6) is 0 Å². The zero-order valence-electron chi connectivity index (χ0n) is 27.1. The van der Waals surface area contributed by atoms with Gasteiger partial charge < -0.3 is 19.9 Å². The van der Waals surface area contributed by atoms with Crippen molar-refractivity contribution in [3.63, 3.8) is 0 Å². The van der Waals surface area contributed by atoms with Crippen LogP contribution in [0, 0.1) is 20.2 Å². The Kier molecular flexibility index (Phi) is 18.0. The fraction of sp³-hybridized carbons (Fsp3) is 0.235. The first kappa shape index (κ1) is 38.6. The van der Waals surface area contributed by atoms with Crippen molar-refractivity contribution >= 4 is 49.8 Å². The summed E-state index contributed by atoms with van der Waals surface area (Å²) in [5, 5.41) is 23.8. The molecule has 0 bridgehead atoms. The van der Waals surface area contributed by atoms with Crippen LogP contribution in [-0.2, 0) is 14.1 Å². The molecule has 236 valence electrons. The minimum atomic E-state index is -0.396. The van der Waals surface area contributed by atoms with E-state index in [1.165, 1.54) is 23.0 Å². The highest BCUT2D eigenvalue weighted by molar-refractivity contribution is 5.84. The lowest BCUT2D eigenvalue weighted by atomic mass is 10.2. The second kappa shape index (κ2) is 20.5. The molecule has 3 N–H and O–H groups in total. The molecule has 6 aromatic rings. The summed E-state index contributed by atoms with van der Waals surface area (Å²) in [5.74, 6) is 0. The molecule has 0 spiro atoms. The van der Waals surface area contributed by atoms with Crippen LogP contribution in [0.25, 0.3) is 32.7 Å². The van der Waals surface area contributed by atoms with Crippen LogP contribution in [0.2, 0.25) is 0 Å². The Labute approximate surface area is 259 Å². The SMILES string of the molecule is C=C.CC.CC.CC.Cn1ccc2cc(N)ccc21.Cn1ccc2cc([N+](=O)[O-])ccc21.O=[N+]([O-])c1ccc2[nH]ccc2c1. The van der Waals surface area contributed by atoms with Crippen molar-refractivity contribution in [1.82, 2.24) is 14.1 Å². The van der Waals surface area contributed by atoms with Crippen LogP contribution in [0.1, 0.15) is 41.5 Å². The van der Waals surface area contributed by atoms with Gasteiger partial charge in [0.1, 0.15) is 0 Å². The Hall–Kier alpha value is -5.38. The van der Waals surface area contributed by atoms with Crippen LogP contribution in [0.4, 0.5) is 17.1 Å². The molecule has 0 aliphatic rings. The van der Waals surface area contributed by atoms with E-state index in [1.807, 2.05) is 103 Å². The van der Waals surface area contributed by atoms with Crippen molar-refractivity contribution in [2.45, 2.75) is 41.5 Å². The maximum absolute atomic E-state index is 10.5. The third-order valence-corrected chi connectivity index (χ3v) is 5.74. The molecule has 0 aliphatic heterocycles. The summed E-state index contributed by atoms with van der Waals surface area (Å²) in [6.07, 6.45) is 5.67. The van der Waals surface area contributed by atoms with Crippen molar-refractivity contribution in [2.24, 2.45) is 14.1 Å². The first-order valence-corrected chi connectivity index (χ1v) is 14.4. The van der Waals surface area contributed by atoms with Gasteiger partial charge in [-0.1, -0.05) is 41.5 Å². The number of rotatable bonds is 2. The van der Waals surface area contributed by atoms with E-state index in [-0.39, 0.29) is 16.3 Å². The van der Waals surface area contributed by atoms with Gasteiger partial charge in [-0.2, -0.15) is 0 Å². The first-order chi connectivity index (χ1) is 21.2. The molecule has 0 amide bonds. The summed E-state index contributed by atoms with van der Waals surface area (Å²) < 4.78 is 4.01. The number of non-ortho nitro benzene ring substituents is 2. The van der Waals surface area contributed by atoms with Gasteiger partial charge in [-0.3, -0.25) is 20.2 Å². The summed E-state index contributed by atoms with van der Waals surface area (Å²) in [5.41, 5.74) is 9.86. The second-order valence-corrected chi connectivity index (χ2v) is 8.18. The quantitative estimate of drug-likeness (QED) is 0.0879. The fourth-order valence-corrected chi connectivity index (χ4v) is 3.84. The molecule has 10 nitrogen and oxygen atoms in total. The average Bonchev–Trinajstić information content (AvgIpc) is 3.79. The molecule has 0 radical (unpaired) electrons. The van der Waals surface area contributed by atoms with Gasteiger partial charge >= 0.3 is 0 Å². The first-order valence-electron chi connectivity index (χ1n) is 14.4. The molecule has 0 unspecified atom stereocenters. The topological polar surface area (TPSA) is 138 Å². The molecule has 0 saturated heterocycles. The Morgan fingerprint density at radius 3 is 1.57 bits per heavy atom.